The van der Waals surface area contributed by atoms with Gasteiger partial charge in [0.2, 0.25) is 0 Å². The quantitative estimate of drug-likeness (QED) is 0.892. The highest BCUT2D eigenvalue weighted by atomic mass is 79.9. The standard InChI is InChI=1S/C14H18BrNO2/c1-8-7-12(11(4)17-8)9(2)16-10(3)13-5-6-14(15)18-13/h5-7,9-10,16H,1-4H3. The van der Waals surface area contributed by atoms with Gasteiger partial charge in [0.25, 0.3) is 0 Å². The van der Waals surface area contributed by atoms with Crippen LogP contribution in [-0.2, 0) is 0 Å². The molecule has 2 aromatic heterocycles. The summed E-state index contributed by atoms with van der Waals surface area (Å²) in [6.07, 6.45) is 0. The zero-order valence-electron chi connectivity index (χ0n) is 11.1. The lowest BCUT2D eigenvalue weighted by Crippen LogP contribution is -2.22. The SMILES string of the molecule is Cc1cc(C(C)NC(C)c2ccc(Br)o2)c(C)o1. The molecule has 2 heterocycles. The molecule has 2 atom stereocenters. The van der Waals surface area contributed by atoms with E-state index >= 15 is 0 Å². The van der Waals surface area contributed by atoms with Gasteiger partial charge < -0.3 is 14.2 Å². The molecule has 0 aliphatic rings. The molecule has 4 heteroatoms. The van der Waals surface area contributed by atoms with Crippen molar-refractivity contribution in [3.63, 3.8) is 0 Å². The third kappa shape index (κ3) is 2.87. The summed E-state index contributed by atoms with van der Waals surface area (Å²) < 4.78 is 11.9. The van der Waals surface area contributed by atoms with Gasteiger partial charge in [-0.15, -0.1) is 0 Å². The van der Waals surface area contributed by atoms with Crippen LogP contribution in [-0.4, -0.2) is 0 Å². The Kier molecular flexibility index (Phi) is 3.97. The molecule has 0 aliphatic carbocycles. The van der Waals surface area contributed by atoms with E-state index in [0.29, 0.717) is 0 Å². The lowest BCUT2D eigenvalue weighted by atomic mass is 10.1. The van der Waals surface area contributed by atoms with E-state index in [4.69, 9.17) is 8.83 Å². The molecule has 3 nitrogen and oxygen atoms in total. The lowest BCUT2D eigenvalue weighted by molar-refractivity contribution is 0.391. The Bertz CT molecular complexity index is 530. The molecule has 0 spiro atoms. The van der Waals surface area contributed by atoms with Gasteiger partial charge in [-0.05, 0) is 61.8 Å². The summed E-state index contributed by atoms with van der Waals surface area (Å²) >= 11 is 3.32. The topological polar surface area (TPSA) is 38.3 Å². The van der Waals surface area contributed by atoms with Crippen LogP contribution in [0, 0.1) is 13.8 Å². The van der Waals surface area contributed by atoms with Crippen molar-refractivity contribution in [1.29, 1.82) is 0 Å². The number of furan rings is 2. The van der Waals surface area contributed by atoms with E-state index in [1.807, 2.05) is 26.0 Å². The van der Waals surface area contributed by atoms with Crippen LogP contribution < -0.4 is 5.32 Å². The molecule has 0 radical (unpaired) electrons. The number of aryl methyl sites for hydroxylation is 2. The molecule has 0 saturated carbocycles. The van der Waals surface area contributed by atoms with Crippen molar-refractivity contribution in [3.05, 3.63) is 45.7 Å². The Balaban J connectivity index is 2.07. The van der Waals surface area contributed by atoms with E-state index in [1.54, 1.807) is 0 Å². The van der Waals surface area contributed by atoms with E-state index in [0.717, 1.165) is 22.0 Å². The van der Waals surface area contributed by atoms with Crippen LogP contribution in [0.5, 0.6) is 0 Å². The van der Waals surface area contributed by atoms with Crippen molar-refractivity contribution in [3.8, 4) is 0 Å². The summed E-state index contributed by atoms with van der Waals surface area (Å²) in [6, 6.07) is 6.34. The molecular formula is C14H18BrNO2. The highest BCUT2D eigenvalue weighted by Gasteiger charge is 2.17. The molecule has 2 rings (SSSR count). The number of nitrogens with one attached hydrogen (secondary N) is 1. The molecule has 18 heavy (non-hydrogen) atoms. The first-order chi connectivity index (χ1) is 8.47. The van der Waals surface area contributed by atoms with E-state index in [9.17, 15) is 0 Å². The molecule has 0 bridgehead atoms. The van der Waals surface area contributed by atoms with E-state index in [2.05, 4.69) is 41.2 Å². The fourth-order valence-corrected chi connectivity index (χ4v) is 2.51. The number of rotatable bonds is 4. The molecule has 0 aliphatic heterocycles. The monoisotopic (exact) mass is 311 g/mol. The Morgan fingerprint density at radius 3 is 2.33 bits per heavy atom. The minimum atomic E-state index is 0.154. The molecule has 0 fully saturated rings. The first kappa shape index (κ1) is 13.4. The van der Waals surface area contributed by atoms with Crippen molar-refractivity contribution in [2.75, 3.05) is 0 Å². The van der Waals surface area contributed by atoms with Crippen molar-refractivity contribution in [2.45, 2.75) is 39.8 Å². The van der Waals surface area contributed by atoms with E-state index in [-0.39, 0.29) is 12.1 Å². The van der Waals surface area contributed by atoms with Crippen molar-refractivity contribution >= 4 is 15.9 Å². The highest BCUT2D eigenvalue weighted by molar-refractivity contribution is 9.10. The second-order valence-corrected chi connectivity index (χ2v) is 5.40. The molecule has 2 aromatic rings. The lowest BCUT2D eigenvalue weighted by Gasteiger charge is -2.18. The molecule has 1 N–H and O–H groups in total. The maximum Gasteiger partial charge on any atom is 0.169 e. The molecule has 2 unspecified atom stereocenters. The Morgan fingerprint density at radius 1 is 1.11 bits per heavy atom. The summed E-state index contributed by atoms with van der Waals surface area (Å²) in [5, 5.41) is 3.51. The van der Waals surface area contributed by atoms with Gasteiger partial charge in [0.05, 0.1) is 6.04 Å². The van der Waals surface area contributed by atoms with Crippen LogP contribution in [0.4, 0.5) is 0 Å². The van der Waals surface area contributed by atoms with E-state index < -0.39 is 0 Å². The predicted octanol–water partition coefficient (Wildman–Crippen LogP) is 4.66. The molecule has 0 saturated heterocycles. The Hall–Kier alpha value is -1.00. The first-order valence-electron chi connectivity index (χ1n) is 6.05. The van der Waals surface area contributed by atoms with Gasteiger partial charge in [0, 0.05) is 11.6 Å². The fraction of sp³-hybridized carbons (Fsp3) is 0.429. The van der Waals surface area contributed by atoms with Crippen molar-refractivity contribution in [1.82, 2.24) is 5.32 Å². The van der Waals surface area contributed by atoms with Crippen LogP contribution in [0.1, 0.15) is 48.8 Å². The summed E-state index contributed by atoms with van der Waals surface area (Å²) in [6.45, 7) is 8.18. The second kappa shape index (κ2) is 5.33. The number of hydrogen-bond acceptors (Lipinski definition) is 3. The third-order valence-electron chi connectivity index (χ3n) is 3.07. The van der Waals surface area contributed by atoms with Gasteiger partial charge in [-0.1, -0.05) is 0 Å². The smallest absolute Gasteiger partial charge is 0.169 e. The third-order valence-corrected chi connectivity index (χ3v) is 3.49. The maximum atomic E-state index is 5.56. The molecule has 0 aromatic carbocycles. The van der Waals surface area contributed by atoms with Crippen LogP contribution in [0.15, 0.2) is 31.7 Å². The van der Waals surface area contributed by atoms with Gasteiger partial charge in [-0.2, -0.15) is 0 Å². The van der Waals surface area contributed by atoms with Gasteiger partial charge in [0.15, 0.2) is 4.67 Å². The number of halogens is 1. The summed E-state index contributed by atoms with van der Waals surface area (Å²) in [4.78, 5) is 0. The van der Waals surface area contributed by atoms with E-state index in [1.165, 1.54) is 5.56 Å². The average Bonchev–Trinajstić information content (AvgIpc) is 2.84. The zero-order chi connectivity index (χ0) is 13.3. The normalized spacial score (nSPS) is 14.7. The second-order valence-electron chi connectivity index (χ2n) is 4.62. The average molecular weight is 312 g/mol. The molecular weight excluding hydrogens is 294 g/mol. The van der Waals surface area contributed by atoms with Crippen LogP contribution in [0.25, 0.3) is 0 Å². The largest absolute Gasteiger partial charge is 0.466 e. The van der Waals surface area contributed by atoms with Crippen LogP contribution in [0.2, 0.25) is 0 Å². The molecule has 98 valence electrons. The fourth-order valence-electron chi connectivity index (χ4n) is 2.19. The Morgan fingerprint density at radius 2 is 1.83 bits per heavy atom. The minimum Gasteiger partial charge on any atom is -0.466 e. The summed E-state index contributed by atoms with van der Waals surface area (Å²) in [5.74, 6) is 2.84. The minimum absolute atomic E-state index is 0.154. The van der Waals surface area contributed by atoms with Crippen LogP contribution >= 0.6 is 15.9 Å². The van der Waals surface area contributed by atoms with Gasteiger partial charge in [0.1, 0.15) is 17.3 Å². The maximum absolute atomic E-state index is 5.56. The van der Waals surface area contributed by atoms with Crippen molar-refractivity contribution in [2.24, 2.45) is 0 Å². The number of hydrogen-bond donors (Lipinski definition) is 1. The first-order valence-corrected chi connectivity index (χ1v) is 6.85. The predicted molar refractivity (Wildman–Crippen MR) is 74.6 cm³/mol. The molecule has 0 amide bonds. The summed E-state index contributed by atoms with van der Waals surface area (Å²) in [5.41, 5.74) is 1.20. The highest BCUT2D eigenvalue weighted by Crippen LogP contribution is 2.26. The zero-order valence-corrected chi connectivity index (χ0v) is 12.7. The van der Waals surface area contributed by atoms with Crippen LogP contribution in [0.3, 0.4) is 0 Å². The van der Waals surface area contributed by atoms with Crippen molar-refractivity contribution < 1.29 is 8.83 Å². The Labute approximate surface area is 116 Å². The summed E-state index contributed by atoms with van der Waals surface area (Å²) in [7, 11) is 0. The van der Waals surface area contributed by atoms with Gasteiger partial charge in [-0.3, -0.25) is 0 Å². The van der Waals surface area contributed by atoms with Gasteiger partial charge in [-0.25, -0.2) is 0 Å². The van der Waals surface area contributed by atoms with Gasteiger partial charge >= 0.3 is 0 Å².